The van der Waals surface area contributed by atoms with Crippen molar-refractivity contribution in [3.05, 3.63) is 35.9 Å². The fourth-order valence-electron chi connectivity index (χ4n) is 3.72. The number of nitrogens with one attached hydrogen (secondary N) is 3. The molecule has 0 spiro atoms. The fourth-order valence-corrected chi connectivity index (χ4v) is 3.72. The number of aliphatic imine (C=N–C) groups is 1. The van der Waals surface area contributed by atoms with Gasteiger partial charge in [-0.1, -0.05) is 30.3 Å². The number of carbonyl (C=O) groups excluding carboxylic acids is 4. The number of nitrogens with two attached hydrogens (primary N) is 5. The minimum atomic E-state index is -1.58. The van der Waals surface area contributed by atoms with Crippen LogP contribution in [-0.2, 0) is 30.4 Å². The molecule has 0 radical (unpaired) electrons. The van der Waals surface area contributed by atoms with E-state index in [9.17, 15) is 29.1 Å². The normalized spacial score (nSPS) is 13.7. The van der Waals surface area contributed by atoms with E-state index >= 15 is 0 Å². The van der Waals surface area contributed by atoms with E-state index in [1.54, 1.807) is 0 Å². The number of hydrogen-bond donors (Lipinski definition) is 9. The second-order valence-electron chi connectivity index (χ2n) is 9.22. The number of guanidine groups is 1. The minimum Gasteiger partial charge on any atom is -0.480 e. The SMILES string of the molecule is NCCCCC(NC(=O)C(CCCN=C(N)N)NC(=O)C(N)Cc1ccccc1)C(=O)NC(CC(N)=O)C(=O)O. The van der Waals surface area contributed by atoms with Gasteiger partial charge in [0.15, 0.2) is 5.96 Å². The number of aliphatic carboxylic acids is 1. The Morgan fingerprint density at radius 1 is 0.800 bits per heavy atom. The first kappa shape index (κ1) is 33.8. The molecule has 0 bridgehead atoms. The third-order valence-electron chi connectivity index (χ3n) is 5.81. The van der Waals surface area contributed by atoms with Gasteiger partial charge < -0.3 is 49.7 Å². The summed E-state index contributed by atoms with van der Waals surface area (Å²) in [4.78, 5) is 65.7. The largest absolute Gasteiger partial charge is 0.480 e. The summed E-state index contributed by atoms with van der Waals surface area (Å²) >= 11 is 0. The highest BCUT2D eigenvalue weighted by molar-refractivity contribution is 5.94. The van der Waals surface area contributed by atoms with Crippen LogP contribution in [-0.4, -0.2) is 77.9 Å². The van der Waals surface area contributed by atoms with Crippen molar-refractivity contribution < 1.29 is 29.1 Å². The minimum absolute atomic E-state index is 0.114. The maximum absolute atomic E-state index is 13.3. The Kier molecular flexibility index (Phi) is 15.3. The number of carboxylic acid groups (broad SMARTS) is 1. The topological polar surface area (TPSA) is 284 Å². The Hall–Kier alpha value is -4.24. The van der Waals surface area contributed by atoms with Crippen LogP contribution in [0.15, 0.2) is 35.3 Å². The van der Waals surface area contributed by atoms with E-state index in [2.05, 4.69) is 20.9 Å². The lowest BCUT2D eigenvalue weighted by molar-refractivity contribution is -0.143. The van der Waals surface area contributed by atoms with Crippen molar-refractivity contribution in [3.8, 4) is 0 Å². The molecule has 0 aliphatic rings. The first-order valence-corrected chi connectivity index (χ1v) is 12.9. The van der Waals surface area contributed by atoms with Crippen molar-refractivity contribution in [1.29, 1.82) is 0 Å². The lowest BCUT2D eigenvalue weighted by Crippen LogP contribution is -2.57. The molecular weight excluding hydrogens is 522 g/mol. The molecule has 0 saturated carbocycles. The number of hydrogen-bond acceptors (Lipinski definition) is 8. The number of unbranched alkanes of at least 4 members (excludes halogenated alkanes) is 1. The molecule has 4 amide bonds. The number of rotatable bonds is 19. The van der Waals surface area contributed by atoms with Crippen LogP contribution in [0.5, 0.6) is 0 Å². The summed E-state index contributed by atoms with van der Waals surface area (Å²) in [5.74, 6) is -4.62. The van der Waals surface area contributed by atoms with Crippen LogP contribution in [0.25, 0.3) is 0 Å². The maximum atomic E-state index is 13.3. The number of carboxylic acids is 1. The van der Waals surface area contributed by atoms with Crippen molar-refractivity contribution in [1.82, 2.24) is 16.0 Å². The molecule has 40 heavy (non-hydrogen) atoms. The zero-order valence-corrected chi connectivity index (χ0v) is 22.4. The summed E-state index contributed by atoms with van der Waals surface area (Å²) in [5, 5.41) is 16.8. The molecule has 0 aliphatic heterocycles. The first-order valence-electron chi connectivity index (χ1n) is 12.9. The molecule has 0 fully saturated rings. The van der Waals surface area contributed by atoms with Crippen LogP contribution in [0.1, 0.15) is 44.1 Å². The predicted molar refractivity (Wildman–Crippen MR) is 148 cm³/mol. The van der Waals surface area contributed by atoms with Gasteiger partial charge in [0.2, 0.25) is 23.6 Å². The molecular formula is C25H41N9O6. The van der Waals surface area contributed by atoms with Crippen molar-refractivity contribution in [2.45, 2.75) is 69.1 Å². The third-order valence-corrected chi connectivity index (χ3v) is 5.81. The number of carbonyl (C=O) groups is 5. The lowest BCUT2D eigenvalue weighted by atomic mass is 10.0. The molecule has 15 heteroatoms. The molecule has 0 aromatic heterocycles. The Morgan fingerprint density at radius 3 is 1.88 bits per heavy atom. The van der Waals surface area contributed by atoms with Gasteiger partial charge in [-0.15, -0.1) is 0 Å². The van der Waals surface area contributed by atoms with E-state index in [1.807, 2.05) is 30.3 Å². The summed E-state index contributed by atoms with van der Waals surface area (Å²) in [7, 11) is 0. The summed E-state index contributed by atoms with van der Waals surface area (Å²) in [6.45, 7) is 0.524. The van der Waals surface area contributed by atoms with Crippen LogP contribution < -0.4 is 44.6 Å². The van der Waals surface area contributed by atoms with Crippen LogP contribution in [0.2, 0.25) is 0 Å². The van der Waals surface area contributed by atoms with Gasteiger partial charge in [0.25, 0.3) is 0 Å². The van der Waals surface area contributed by atoms with E-state index in [0.717, 1.165) is 5.56 Å². The van der Waals surface area contributed by atoms with Crippen molar-refractivity contribution in [3.63, 3.8) is 0 Å². The zero-order chi connectivity index (χ0) is 30.1. The second-order valence-corrected chi connectivity index (χ2v) is 9.22. The van der Waals surface area contributed by atoms with Crippen LogP contribution in [0.4, 0.5) is 0 Å². The highest BCUT2D eigenvalue weighted by Gasteiger charge is 2.30. The summed E-state index contributed by atoms with van der Waals surface area (Å²) in [6.07, 6.45) is 1.13. The molecule has 1 aromatic carbocycles. The van der Waals surface area contributed by atoms with Crippen molar-refractivity contribution in [2.75, 3.05) is 13.1 Å². The number of amides is 4. The van der Waals surface area contributed by atoms with E-state index in [0.29, 0.717) is 25.8 Å². The molecule has 4 atom stereocenters. The van der Waals surface area contributed by atoms with Gasteiger partial charge in [-0.25, -0.2) is 4.79 Å². The maximum Gasteiger partial charge on any atom is 0.326 e. The van der Waals surface area contributed by atoms with Crippen LogP contribution in [0, 0.1) is 0 Å². The monoisotopic (exact) mass is 563 g/mol. The van der Waals surface area contributed by atoms with E-state index in [4.69, 9.17) is 28.7 Å². The Balaban J connectivity index is 3.04. The molecule has 1 rings (SSSR count). The quantitative estimate of drug-likeness (QED) is 0.0471. The average molecular weight is 564 g/mol. The molecule has 14 N–H and O–H groups in total. The van der Waals surface area contributed by atoms with Gasteiger partial charge in [0.1, 0.15) is 18.1 Å². The van der Waals surface area contributed by atoms with Crippen molar-refractivity contribution in [2.24, 2.45) is 33.7 Å². The number of nitrogens with zero attached hydrogens (tertiary/aromatic N) is 1. The van der Waals surface area contributed by atoms with Gasteiger partial charge in [-0.2, -0.15) is 0 Å². The lowest BCUT2D eigenvalue weighted by Gasteiger charge is -2.25. The Bertz CT molecular complexity index is 1020. The van der Waals surface area contributed by atoms with E-state index in [1.165, 1.54) is 0 Å². The number of primary amides is 1. The molecule has 0 aliphatic carbocycles. The summed E-state index contributed by atoms with van der Waals surface area (Å²) < 4.78 is 0. The summed E-state index contributed by atoms with van der Waals surface area (Å²) in [5.41, 5.74) is 28.2. The Morgan fingerprint density at radius 2 is 1.35 bits per heavy atom. The highest BCUT2D eigenvalue weighted by Crippen LogP contribution is 2.07. The first-order chi connectivity index (χ1) is 18.9. The van der Waals surface area contributed by atoms with Gasteiger partial charge in [-0.05, 0) is 50.6 Å². The molecule has 0 saturated heterocycles. The highest BCUT2D eigenvalue weighted by atomic mass is 16.4. The standard InChI is InChI=1S/C25H41N9O6/c26-11-5-4-9-17(23(38)34-19(24(39)40)14-20(28)35)33-22(37)18(10-6-12-31-25(29)30)32-21(36)16(27)13-15-7-2-1-3-8-15/h1-3,7-8,16-19H,4-6,9-14,26-27H2,(H2,28,35)(H,32,36)(H,33,37)(H,34,38)(H,39,40)(H4,29,30,31). The molecule has 222 valence electrons. The van der Waals surface area contributed by atoms with Crippen LogP contribution in [0.3, 0.4) is 0 Å². The molecule has 0 heterocycles. The zero-order valence-electron chi connectivity index (χ0n) is 22.4. The van der Waals surface area contributed by atoms with Gasteiger partial charge >= 0.3 is 5.97 Å². The summed E-state index contributed by atoms with van der Waals surface area (Å²) in [6, 6.07) is 4.28. The second kappa shape index (κ2) is 18.1. The van der Waals surface area contributed by atoms with Gasteiger partial charge in [0.05, 0.1) is 12.5 Å². The molecule has 15 nitrogen and oxygen atoms in total. The van der Waals surface area contributed by atoms with E-state index in [-0.39, 0.29) is 31.8 Å². The Labute approximate surface area is 232 Å². The molecule has 4 unspecified atom stereocenters. The van der Waals surface area contributed by atoms with E-state index < -0.39 is 60.2 Å². The van der Waals surface area contributed by atoms with Gasteiger partial charge in [-0.3, -0.25) is 24.2 Å². The third kappa shape index (κ3) is 13.5. The van der Waals surface area contributed by atoms with Crippen molar-refractivity contribution >= 4 is 35.6 Å². The smallest absolute Gasteiger partial charge is 0.326 e. The fraction of sp³-hybridized carbons (Fsp3) is 0.520. The van der Waals surface area contributed by atoms with Gasteiger partial charge in [0, 0.05) is 6.54 Å². The number of benzene rings is 1. The van der Waals surface area contributed by atoms with Crippen LogP contribution >= 0.6 is 0 Å². The predicted octanol–water partition coefficient (Wildman–Crippen LogP) is -2.85. The average Bonchev–Trinajstić information content (AvgIpc) is 2.89. The molecule has 1 aromatic rings.